The van der Waals surface area contributed by atoms with E-state index < -0.39 is 23.9 Å². The van der Waals surface area contributed by atoms with Crippen molar-refractivity contribution in [1.29, 1.82) is 0 Å². The fourth-order valence-electron chi connectivity index (χ4n) is 3.63. The predicted molar refractivity (Wildman–Crippen MR) is 93.6 cm³/mol. The topological polar surface area (TPSA) is 86.7 Å². The minimum Gasteiger partial charge on any atom is -0.386 e. The summed E-state index contributed by atoms with van der Waals surface area (Å²) in [7, 11) is 0. The second kappa shape index (κ2) is 6.79. The number of carbonyl (C=O) groups is 4. The quantitative estimate of drug-likeness (QED) is 0.444. The van der Waals surface area contributed by atoms with Crippen LogP contribution in [0.15, 0.2) is 36.4 Å². The lowest BCUT2D eigenvalue weighted by Gasteiger charge is -2.07. The molecule has 0 saturated heterocycles. The number of rotatable bonds is 6. The third-order valence-electron chi connectivity index (χ3n) is 4.91. The molecule has 0 radical (unpaired) electrons. The van der Waals surface area contributed by atoms with Crippen LogP contribution in [0.4, 0.5) is 0 Å². The van der Waals surface area contributed by atoms with E-state index in [0.717, 1.165) is 30.4 Å². The van der Waals surface area contributed by atoms with Gasteiger partial charge in [0.1, 0.15) is 0 Å². The first-order valence-electron chi connectivity index (χ1n) is 8.83. The zero-order valence-corrected chi connectivity index (χ0v) is 14.4. The zero-order valence-electron chi connectivity index (χ0n) is 14.4. The molecule has 6 heteroatoms. The van der Waals surface area contributed by atoms with Gasteiger partial charge < -0.3 is 9.47 Å². The molecule has 2 aromatic carbocycles. The van der Waals surface area contributed by atoms with Crippen molar-refractivity contribution in [2.75, 3.05) is 0 Å². The summed E-state index contributed by atoms with van der Waals surface area (Å²) in [6.07, 6.45) is 3.87. The molecular formula is C21H16O6. The van der Waals surface area contributed by atoms with E-state index >= 15 is 0 Å². The Hall–Kier alpha value is -3.28. The molecule has 0 saturated carbocycles. The van der Waals surface area contributed by atoms with Crippen molar-refractivity contribution in [3.05, 3.63) is 69.8 Å². The van der Waals surface area contributed by atoms with Crippen LogP contribution in [0.2, 0.25) is 0 Å². The first-order chi connectivity index (χ1) is 13.1. The lowest BCUT2D eigenvalue weighted by molar-refractivity contribution is 0.0425. The maximum absolute atomic E-state index is 11.8. The number of carbonyl (C=O) groups excluding carboxylic acids is 4. The highest BCUT2D eigenvalue weighted by Crippen LogP contribution is 2.26. The molecule has 0 N–H and O–H groups in total. The number of hydrogen-bond donors (Lipinski definition) is 0. The average molecular weight is 364 g/mol. The Balaban J connectivity index is 1.36. The third kappa shape index (κ3) is 3.03. The molecule has 2 aliphatic heterocycles. The Morgan fingerprint density at radius 1 is 0.556 bits per heavy atom. The van der Waals surface area contributed by atoms with Gasteiger partial charge in [0.2, 0.25) is 0 Å². The van der Waals surface area contributed by atoms with Crippen molar-refractivity contribution in [3.8, 4) is 0 Å². The molecule has 2 aliphatic rings. The summed E-state index contributed by atoms with van der Waals surface area (Å²) in [5, 5.41) is 0. The van der Waals surface area contributed by atoms with Gasteiger partial charge in [-0.05, 0) is 48.9 Å². The van der Waals surface area contributed by atoms with Gasteiger partial charge in [-0.25, -0.2) is 19.2 Å². The predicted octanol–water partition coefficient (Wildman–Crippen LogP) is 3.26. The van der Waals surface area contributed by atoms with Crippen molar-refractivity contribution in [1.82, 2.24) is 0 Å². The summed E-state index contributed by atoms with van der Waals surface area (Å²) in [5.41, 5.74) is 3.06. The van der Waals surface area contributed by atoms with Crippen LogP contribution in [0.25, 0.3) is 0 Å². The van der Waals surface area contributed by atoms with Gasteiger partial charge in [0, 0.05) is 0 Å². The molecule has 0 fully saturated rings. The lowest BCUT2D eigenvalue weighted by atomic mass is 9.95. The number of ether oxygens (including phenoxy) is 2. The third-order valence-corrected chi connectivity index (χ3v) is 4.91. The summed E-state index contributed by atoms with van der Waals surface area (Å²) in [5.74, 6) is -2.32. The van der Waals surface area contributed by atoms with Gasteiger partial charge in [0.25, 0.3) is 0 Å². The molecule has 0 unspecified atom stereocenters. The number of esters is 4. The van der Waals surface area contributed by atoms with E-state index in [1.807, 2.05) is 12.1 Å². The summed E-state index contributed by atoms with van der Waals surface area (Å²) < 4.78 is 9.34. The van der Waals surface area contributed by atoms with Crippen molar-refractivity contribution in [2.24, 2.45) is 0 Å². The van der Waals surface area contributed by atoms with Gasteiger partial charge in [-0.1, -0.05) is 30.7 Å². The van der Waals surface area contributed by atoms with Crippen molar-refractivity contribution < 1.29 is 28.7 Å². The van der Waals surface area contributed by atoms with Gasteiger partial charge >= 0.3 is 23.9 Å². The minimum atomic E-state index is -0.587. The average Bonchev–Trinajstić information content (AvgIpc) is 3.11. The standard InChI is InChI=1S/C21H16O6/c22-18-14-10-4-8-12(16(14)20(24)26-18)6-2-1-3-7-13-9-5-11-15-17(13)21(25)27-19(15)23/h4-5,8-11H,1-3,6-7H2. The van der Waals surface area contributed by atoms with Crippen LogP contribution in [0.1, 0.15) is 71.8 Å². The highest BCUT2D eigenvalue weighted by molar-refractivity contribution is 6.16. The number of fused-ring (bicyclic) bond motifs is 2. The molecule has 0 spiro atoms. The highest BCUT2D eigenvalue weighted by atomic mass is 16.6. The Kier molecular flexibility index (Phi) is 4.32. The molecule has 0 amide bonds. The summed E-state index contributed by atoms with van der Waals surface area (Å²) >= 11 is 0. The molecule has 136 valence electrons. The van der Waals surface area contributed by atoms with Gasteiger partial charge in [0.05, 0.1) is 22.3 Å². The number of aryl methyl sites for hydroxylation is 2. The molecule has 4 rings (SSSR count). The highest BCUT2D eigenvalue weighted by Gasteiger charge is 2.32. The largest absolute Gasteiger partial charge is 0.386 e. The number of unbranched alkanes of at least 4 members (excludes halogenated alkanes) is 2. The Labute approximate surface area is 155 Å². The normalized spacial score (nSPS) is 14.8. The lowest BCUT2D eigenvalue weighted by Crippen LogP contribution is -2.02. The molecule has 27 heavy (non-hydrogen) atoms. The fraction of sp³-hybridized carbons (Fsp3) is 0.238. The molecule has 6 nitrogen and oxygen atoms in total. The molecule has 0 aliphatic carbocycles. The van der Waals surface area contributed by atoms with E-state index in [-0.39, 0.29) is 0 Å². The van der Waals surface area contributed by atoms with Crippen LogP contribution in [-0.4, -0.2) is 23.9 Å². The number of benzene rings is 2. The van der Waals surface area contributed by atoms with Crippen LogP contribution in [-0.2, 0) is 22.3 Å². The summed E-state index contributed by atoms with van der Waals surface area (Å²) in [6.45, 7) is 0. The van der Waals surface area contributed by atoms with Crippen molar-refractivity contribution in [2.45, 2.75) is 32.1 Å². The second-order valence-corrected chi connectivity index (χ2v) is 6.59. The van der Waals surface area contributed by atoms with Gasteiger partial charge in [-0.2, -0.15) is 0 Å². The molecule has 0 atom stereocenters. The van der Waals surface area contributed by atoms with Crippen LogP contribution in [0.5, 0.6) is 0 Å². The fourth-order valence-corrected chi connectivity index (χ4v) is 3.63. The van der Waals surface area contributed by atoms with Gasteiger partial charge in [-0.3, -0.25) is 0 Å². The SMILES string of the molecule is O=C1OC(=O)c2c(CCCCCc3cccc4c3C(=O)OC4=O)cccc21. The number of cyclic esters (lactones) is 4. The molecular weight excluding hydrogens is 348 g/mol. The van der Waals surface area contributed by atoms with Gasteiger partial charge in [0.15, 0.2) is 0 Å². The second-order valence-electron chi connectivity index (χ2n) is 6.59. The Morgan fingerprint density at radius 3 is 1.44 bits per heavy atom. The minimum absolute atomic E-state index is 0.334. The maximum Gasteiger partial charge on any atom is 0.347 e. The first-order valence-corrected chi connectivity index (χ1v) is 8.83. The zero-order chi connectivity index (χ0) is 19.0. The van der Waals surface area contributed by atoms with Crippen molar-refractivity contribution >= 4 is 23.9 Å². The van der Waals surface area contributed by atoms with Crippen LogP contribution in [0.3, 0.4) is 0 Å². The van der Waals surface area contributed by atoms with E-state index in [1.165, 1.54) is 0 Å². The van der Waals surface area contributed by atoms with Gasteiger partial charge in [-0.15, -0.1) is 0 Å². The molecule has 0 bridgehead atoms. The number of hydrogen-bond acceptors (Lipinski definition) is 6. The summed E-state index contributed by atoms with van der Waals surface area (Å²) in [6, 6.07) is 10.4. The monoisotopic (exact) mass is 364 g/mol. The molecule has 0 aromatic heterocycles. The van der Waals surface area contributed by atoms with Crippen LogP contribution in [0, 0.1) is 0 Å². The molecule has 2 heterocycles. The molecule has 2 aromatic rings. The Morgan fingerprint density at radius 2 is 1.00 bits per heavy atom. The van der Waals surface area contributed by atoms with E-state index in [1.54, 1.807) is 24.3 Å². The van der Waals surface area contributed by atoms with E-state index in [9.17, 15) is 19.2 Å². The van der Waals surface area contributed by atoms with Crippen molar-refractivity contribution in [3.63, 3.8) is 0 Å². The summed E-state index contributed by atoms with van der Waals surface area (Å²) in [4.78, 5) is 46.8. The van der Waals surface area contributed by atoms with E-state index in [0.29, 0.717) is 35.1 Å². The first kappa shape index (κ1) is 17.1. The van der Waals surface area contributed by atoms with Crippen LogP contribution < -0.4 is 0 Å². The maximum atomic E-state index is 11.8. The van der Waals surface area contributed by atoms with Crippen LogP contribution >= 0.6 is 0 Å². The van der Waals surface area contributed by atoms with E-state index in [4.69, 9.17) is 0 Å². The smallest absolute Gasteiger partial charge is 0.347 e. The van der Waals surface area contributed by atoms with E-state index in [2.05, 4.69) is 9.47 Å². The Bertz CT molecular complexity index is 909.